The maximum atomic E-state index is 9.70. The van der Waals surface area contributed by atoms with Crippen LogP contribution in [0, 0.1) is 0 Å². The lowest BCUT2D eigenvalue weighted by Crippen LogP contribution is -2.02. The van der Waals surface area contributed by atoms with E-state index >= 15 is 0 Å². The molecule has 2 aromatic rings. The minimum Gasteiger partial charge on any atom is -0.508 e. The van der Waals surface area contributed by atoms with Crippen LogP contribution in [0.1, 0.15) is 17.2 Å². The van der Waals surface area contributed by atoms with E-state index in [4.69, 9.17) is 4.74 Å². The molecule has 3 rings (SSSR count). The van der Waals surface area contributed by atoms with Gasteiger partial charge >= 0.3 is 0 Å². The summed E-state index contributed by atoms with van der Waals surface area (Å²) >= 11 is 0. The molecule has 0 bridgehead atoms. The van der Waals surface area contributed by atoms with Gasteiger partial charge in [-0.05, 0) is 18.2 Å². The number of pyridine rings is 1. The van der Waals surface area contributed by atoms with Crippen LogP contribution in [0.4, 0.5) is 0 Å². The highest BCUT2D eigenvalue weighted by Gasteiger charge is 2.26. The van der Waals surface area contributed by atoms with Gasteiger partial charge in [0.25, 0.3) is 0 Å². The fourth-order valence-corrected chi connectivity index (χ4v) is 2.00. The standard InChI is InChI=1S/C13H11NO2/c15-11-4-1-5-12-10(11)7-13(16-12)9-3-2-6-14-8-9/h1-6,8,13,15H,7H2. The highest BCUT2D eigenvalue weighted by atomic mass is 16.5. The summed E-state index contributed by atoms with van der Waals surface area (Å²) in [6.45, 7) is 0. The lowest BCUT2D eigenvalue weighted by Gasteiger charge is -2.09. The van der Waals surface area contributed by atoms with Crippen LogP contribution >= 0.6 is 0 Å². The van der Waals surface area contributed by atoms with Crippen LogP contribution in [0.15, 0.2) is 42.7 Å². The summed E-state index contributed by atoms with van der Waals surface area (Å²) in [5.74, 6) is 1.08. The molecule has 0 radical (unpaired) electrons. The lowest BCUT2D eigenvalue weighted by atomic mass is 10.0. The van der Waals surface area contributed by atoms with Crippen LogP contribution in [0.2, 0.25) is 0 Å². The zero-order valence-electron chi connectivity index (χ0n) is 8.63. The highest BCUT2D eigenvalue weighted by Crippen LogP contribution is 2.40. The van der Waals surface area contributed by atoms with Gasteiger partial charge in [0.15, 0.2) is 0 Å². The van der Waals surface area contributed by atoms with Gasteiger partial charge in [-0.1, -0.05) is 12.1 Å². The first kappa shape index (κ1) is 9.21. The third-order valence-electron chi connectivity index (χ3n) is 2.82. The van der Waals surface area contributed by atoms with E-state index in [1.807, 2.05) is 18.2 Å². The van der Waals surface area contributed by atoms with Crippen molar-refractivity contribution in [3.8, 4) is 11.5 Å². The Bertz CT molecular complexity index is 511. The molecular weight excluding hydrogens is 202 g/mol. The summed E-state index contributed by atoms with van der Waals surface area (Å²) in [6, 6.07) is 9.24. The van der Waals surface area contributed by atoms with Gasteiger partial charge in [-0.2, -0.15) is 0 Å². The van der Waals surface area contributed by atoms with E-state index in [1.54, 1.807) is 24.5 Å². The van der Waals surface area contributed by atoms with Crippen LogP contribution in [0.3, 0.4) is 0 Å². The normalized spacial score (nSPS) is 17.9. The van der Waals surface area contributed by atoms with Gasteiger partial charge in [0.05, 0.1) is 0 Å². The molecule has 80 valence electrons. The number of hydrogen-bond donors (Lipinski definition) is 1. The zero-order chi connectivity index (χ0) is 11.0. The second kappa shape index (κ2) is 3.52. The summed E-state index contributed by atoms with van der Waals surface area (Å²) in [5.41, 5.74) is 1.93. The maximum Gasteiger partial charge on any atom is 0.130 e. The van der Waals surface area contributed by atoms with Gasteiger partial charge in [0.1, 0.15) is 17.6 Å². The number of phenols is 1. The fourth-order valence-electron chi connectivity index (χ4n) is 2.00. The number of phenolic OH excluding ortho intramolecular Hbond substituents is 1. The van der Waals surface area contributed by atoms with Crippen molar-refractivity contribution in [2.24, 2.45) is 0 Å². The van der Waals surface area contributed by atoms with Gasteiger partial charge in [-0.3, -0.25) is 4.98 Å². The Morgan fingerprint density at radius 1 is 1.25 bits per heavy atom. The molecule has 1 aromatic carbocycles. The molecule has 1 atom stereocenters. The SMILES string of the molecule is Oc1cccc2c1CC(c1cccnc1)O2. The van der Waals surface area contributed by atoms with E-state index in [0.717, 1.165) is 16.9 Å². The molecule has 0 aliphatic carbocycles. The average molecular weight is 213 g/mol. The monoisotopic (exact) mass is 213 g/mol. The van der Waals surface area contributed by atoms with Crippen molar-refractivity contribution in [3.05, 3.63) is 53.9 Å². The molecule has 1 aliphatic heterocycles. The number of fused-ring (bicyclic) bond motifs is 1. The van der Waals surface area contributed by atoms with Crippen molar-refractivity contribution < 1.29 is 9.84 Å². The Morgan fingerprint density at radius 2 is 2.19 bits per heavy atom. The second-order valence-electron chi connectivity index (χ2n) is 3.85. The molecule has 2 heterocycles. The number of hydrogen-bond acceptors (Lipinski definition) is 3. The van der Waals surface area contributed by atoms with Gasteiger partial charge in [0, 0.05) is 29.9 Å². The first-order chi connectivity index (χ1) is 7.84. The molecule has 1 aromatic heterocycles. The molecule has 0 saturated heterocycles. The number of ether oxygens (including phenoxy) is 1. The van der Waals surface area contributed by atoms with E-state index in [2.05, 4.69) is 4.98 Å². The van der Waals surface area contributed by atoms with Crippen molar-refractivity contribution >= 4 is 0 Å². The van der Waals surface area contributed by atoms with E-state index in [1.165, 1.54) is 0 Å². The summed E-state index contributed by atoms with van der Waals surface area (Å²) < 4.78 is 5.77. The number of benzene rings is 1. The quantitative estimate of drug-likeness (QED) is 0.791. The van der Waals surface area contributed by atoms with Crippen molar-refractivity contribution in [2.75, 3.05) is 0 Å². The first-order valence-electron chi connectivity index (χ1n) is 5.22. The van der Waals surface area contributed by atoms with Crippen LogP contribution in [-0.2, 0) is 6.42 Å². The van der Waals surface area contributed by atoms with Crippen molar-refractivity contribution in [1.82, 2.24) is 4.98 Å². The lowest BCUT2D eigenvalue weighted by molar-refractivity contribution is 0.238. The zero-order valence-corrected chi connectivity index (χ0v) is 8.63. The molecular formula is C13H11NO2. The molecule has 0 spiro atoms. The van der Waals surface area contributed by atoms with Crippen LogP contribution in [0.5, 0.6) is 11.5 Å². The summed E-state index contributed by atoms with van der Waals surface area (Å²) in [4.78, 5) is 4.07. The number of aromatic hydroxyl groups is 1. The van der Waals surface area contributed by atoms with Crippen LogP contribution in [-0.4, -0.2) is 10.1 Å². The predicted molar refractivity (Wildman–Crippen MR) is 59.4 cm³/mol. The van der Waals surface area contributed by atoms with Crippen LogP contribution < -0.4 is 4.74 Å². The van der Waals surface area contributed by atoms with Gasteiger partial charge in [-0.25, -0.2) is 0 Å². The average Bonchev–Trinajstić information content (AvgIpc) is 2.76. The molecule has 3 nitrogen and oxygen atoms in total. The maximum absolute atomic E-state index is 9.70. The Morgan fingerprint density at radius 3 is 2.94 bits per heavy atom. The van der Waals surface area contributed by atoms with E-state index in [0.29, 0.717) is 12.2 Å². The van der Waals surface area contributed by atoms with E-state index in [9.17, 15) is 5.11 Å². The molecule has 1 aliphatic rings. The molecule has 0 saturated carbocycles. The Hall–Kier alpha value is -2.03. The molecule has 0 amide bonds. The minimum atomic E-state index is -0.0306. The van der Waals surface area contributed by atoms with E-state index in [-0.39, 0.29) is 6.10 Å². The third kappa shape index (κ3) is 1.41. The van der Waals surface area contributed by atoms with Gasteiger partial charge in [-0.15, -0.1) is 0 Å². The minimum absolute atomic E-state index is 0.0306. The summed E-state index contributed by atoms with van der Waals surface area (Å²) in [7, 11) is 0. The second-order valence-corrected chi connectivity index (χ2v) is 3.85. The van der Waals surface area contributed by atoms with Crippen molar-refractivity contribution in [1.29, 1.82) is 0 Å². The molecule has 3 heteroatoms. The Kier molecular flexibility index (Phi) is 2.03. The third-order valence-corrected chi connectivity index (χ3v) is 2.82. The summed E-state index contributed by atoms with van der Waals surface area (Å²) in [5, 5.41) is 9.70. The predicted octanol–water partition coefficient (Wildman–Crippen LogP) is 2.46. The topological polar surface area (TPSA) is 42.4 Å². The Labute approximate surface area is 93.3 Å². The number of rotatable bonds is 1. The Balaban J connectivity index is 1.94. The fraction of sp³-hybridized carbons (Fsp3) is 0.154. The van der Waals surface area contributed by atoms with Crippen molar-refractivity contribution in [2.45, 2.75) is 12.5 Å². The smallest absolute Gasteiger partial charge is 0.130 e. The largest absolute Gasteiger partial charge is 0.508 e. The molecule has 1 N–H and O–H groups in total. The van der Waals surface area contributed by atoms with Crippen molar-refractivity contribution in [3.63, 3.8) is 0 Å². The number of nitrogens with zero attached hydrogens (tertiary/aromatic N) is 1. The summed E-state index contributed by atoms with van der Waals surface area (Å²) in [6.07, 6.45) is 4.21. The molecule has 0 fully saturated rings. The van der Waals surface area contributed by atoms with Gasteiger partial charge in [0.2, 0.25) is 0 Å². The molecule has 1 unspecified atom stereocenters. The first-order valence-corrected chi connectivity index (χ1v) is 5.22. The van der Waals surface area contributed by atoms with Crippen LogP contribution in [0.25, 0.3) is 0 Å². The number of aromatic nitrogens is 1. The van der Waals surface area contributed by atoms with Gasteiger partial charge < -0.3 is 9.84 Å². The highest BCUT2D eigenvalue weighted by molar-refractivity contribution is 5.47. The van der Waals surface area contributed by atoms with E-state index < -0.39 is 0 Å². The molecule has 16 heavy (non-hydrogen) atoms.